The van der Waals surface area contributed by atoms with Crippen molar-refractivity contribution >= 4 is 30.4 Å². The van der Waals surface area contributed by atoms with Crippen molar-refractivity contribution in [1.29, 1.82) is 0 Å². The van der Waals surface area contributed by atoms with Crippen LogP contribution in [0, 0.1) is 0 Å². The van der Waals surface area contributed by atoms with Gasteiger partial charge in [-0.15, -0.1) is 0 Å². The van der Waals surface area contributed by atoms with Crippen LogP contribution in [0.4, 0.5) is 17.1 Å². The molecule has 0 aliphatic carbocycles. The van der Waals surface area contributed by atoms with E-state index in [-0.39, 0.29) is 0 Å². The molecule has 0 saturated carbocycles. The van der Waals surface area contributed by atoms with Crippen molar-refractivity contribution in [2.24, 2.45) is 0 Å². The molecule has 32 heavy (non-hydrogen) atoms. The van der Waals surface area contributed by atoms with Crippen molar-refractivity contribution in [1.82, 2.24) is 0 Å². The number of hydrogen-bond acceptors (Lipinski definition) is 1. The average Bonchev–Trinajstić information content (AvgIpc) is 2.87. The van der Waals surface area contributed by atoms with E-state index < -0.39 is 0 Å². The van der Waals surface area contributed by atoms with Gasteiger partial charge in [0.1, 0.15) is 7.85 Å². The third-order valence-corrected chi connectivity index (χ3v) is 5.74. The van der Waals surface area contributed by atoms with Gasteiger partial charge in [0, 0.05) is 17.1 Å². The highest BCUT2D eigenvalue weighted by Crippen LogP contribution is 2.37. The Morgan fingerprint density at radius 3 is 1.44 bits per heavy atom. The van der Waals surface area contributed by atoms with Gasteiger partial charge in [0.2, 0.25) is 0 Å². The quantitative estimate of drug-likeness (QED) is 0.290. The summed E-state index contributed by atoms with van der Waals surface area (Å²) in [6.45, 7) is 0. The first-order chi connectivity index (χ1) is 15.8. The Balaban J connectivity index is 1.59. The van der Waals surface area contributed by atoms with Crippen LogP contribution in [0.5, 0.6) is 0 Å². The van der Waals surface area contributed by atoms with Gasteiger partial charge in [0.15, 0.2) is 0 Å². The lowest BCUT2D eigenvalue weighted by molar-refractivity contribution is 1.29. The Labute approximate surface area is 191 Å². The highest BCUT2D eigenvalue weighted by Gasteiger charge is 2.13. The molecule has 2 heteroatoms. The minimum absolute atomic E-state index is 1.14. The van der Waals surface area contributed by atoms with E-state index in [1.54, 1.807) is 0 Å². The standard InChI is InChI=1S/C30H24BN/c31-27-16-20-29(21-17-27)32(28-18-14-25(15-19-28)23-8-3-1-4-9-23)30-13-7-12-26(22-30)24-10-5-2-6-11-24/h1-22H,31H2. The molecule has 0 atom stereocenters. The molecule has 0 bridgehead atoms. The fourth-order valence-corrected chi connectivity index (χ4v) is 4.03. The molecule has 0 saturated heterocycles. The number of anilines is 3. The van der Waals surface area contributed by atoms with E-state index in [0.717, 1.165) is 17.1 Å². The van der Waals surface area contributed by atoms with Crippen LogP contribution in [-0.2, 0) is 0 Å². The summed E-state index contributed by atoms with van der Waals surface area (Å²) in [5.74, 6) is 0. The molecule has 0 radical (unpaired) electrons. The minimum Gasteiger partial charge on any atom is -0.310 e. The predicted octanol–water partition coefficient (Wildman–Crippen LogP) is 6.75. The summed E-state index contributed by atoms with van der Waals surface area (Å²) in [5, 5.41) is 0. The second kappa shape index (κ2) is 8.99. The Hall–Kier alpha value is -4.04. The van der Waals surface area contributed by atoms with Gasteiger partial charge < -0.3 is 4.90 Å². The van der Waals surface area contributed by atoms with E-state index >= 15 is 0 Å². The van der Waals surface area contributed by atoms with Crippen LogP contribution in [0.2, 0.25) is 0 Å². The summed E-state index contributed by atoms with van der Waals surface area (Å²) in [7, 11) is 2.12. The number of rotatable bonds is 5. The van der Waals surface area contributed by atoms with Gasteiger partial charge in [0.05, 0.1) is 0 Å². The molecule has 5 aromatic carbocycles. The van der Waals surface area contributed by atoms with Crippen LogP contribution < -0.4 is 10.4 Å². The molecule has 0 aliphatic rings. The number of nitrogens with zero attached hydrogens (tertiary/aromatic N) is 1. The minimum atomic E-state index is 1.14. The van der Waals surface area contributed by atoms with E-state index in [9.17, 15) is 0 Å². The molecule has 0 spiro atoms. The first-order valence-electron chi connectivity index (χ1n) is 11.0. The van der Waals surface area contributed by atoms with Gasteiger partial charge >= 0.3 is 0 Å². The van der Waals surface area contributed by atoms with Gasteiger partial charge in [-0.25, -0.2) is 0 Å². The van der Waals surface area contributed by atoms with E-state index in [0.29, 0.717) is 0 Å². The monoisotopic (exact) mass is 409 g/mol. The molecule has 5 rings (SSSR count). The summed E-state index contributed by atoms with van der Waals surface area (Å²) in [6, 6.07) is 47.3. The summed E-state index contributed by atoms with van der Waals surface area (Å²) >= 11 is 0. The molecule has 0 N–H and O–H groups in total. The molecule has 0 heterocycles. The van der Waals surface area contributed by atoms with Gasteiger partial charge in [-0.2, -0.15) is 0 Å². The number of benzene rings is 5. The molecule has 0 amide bonds. The fraction of sp³-hybridized carbons (Fsp3) is 0. The lowest BCUT2D eigenvalue weighted by Crippen LogP contribution is -2.11. The average molecular weight is 409 g/mol. The predicted molar refractivity (Wildman–Crippen MR) is 140 cm³/mol. The van der Waals surface area contributed by atoms with Crippen molar-refractivity contribution < 1.29 is 0 Å². The molecule has 1 nitrogen and oxygen atoms in total. The van der Waals surface area contributed by atoms with Crippen molar-refractivity contribution in [2.45, 2.75) is 0 Å². The first kappa shape index (κ1) is 19.9. The smallest absolute Gasteiger partial charge is 0.139 e. The Morgan fingerprint density at radius 1 is 0.375 bits per heavy atom. The maximum atomic E-state index is 2.32. The topological polar surface area (TPSA) is 3.24 Å². The van der Waals surface area contributed by atoms with Crippen LogP contribution in [0.15, 0.2) is 133 Å². The van der Waals surface area contributed by atoms with E-state index in [4.69, 9.17) is 0 Å². The largest absolute Gasteiger partial charge is 0.310 e. The highest BCUT2D eigenvalue weighted by molar-refractivity contribution is 6.32. The zero-order chi connectivity index (χ0) is 21.8. The second-order valence-corrected chi connectivity index (χ2v) is 8.00. The highest BCUT2D eigenvalue weighted by atomic mass is 15.1. The van der Waals surface area contributed by atoms with Crippen molar-refractivity contribution in [2.75, 3.05) is 4.90 Å². The summed E-state index contributed by atoms with van der Waals surface area (Å²) in [6.07, 6.45) is 0. The second-order valence-electron chi connectivity index (χ2n) is 8.00. The van der Waals surface area contributed by atoms with Crippen LogP contribution in [0.1, 0.15) is 0 Å². The van der Waals surface area contributed by atoms with Crippen LogP contribution in [0.3, 0.4) is 0 Å². The van der Waals surface area contributed by atoms with Crippen LogP contribution >= 0.6 is 0 Å². The van der Waals surface area contributed by atoms with Gasteiger partial charge in [-0.1, -0.05) is 103 Å². The van der Waals surface area contributed by atoms with Crippen molar-refractivity contribution in [3.63, 3.8) is 0 Å². The van der Waals surface area contributed by atoms with Crippen molar-refractivity contribution in [3.8, 4) is 22.3 Å². The SMILES string of the molecule is Bc1ccc(N(c2ccc(-c3ccccc3)cc2)c2cccc(-c3ccccc3)c2)cc1. The maximum absolute atomic E-state index is 2.32. The zero-order valence-corrected chi connectivity index (χ0v) is 18.1. The van der Waals surface area contributed by atoms with Gasteiger partial charge in [-0.3, -0.25) is 0 Å². The molecule has 0 aromatic heterocycles. The Bertz CT molecular complexity index is 1290. The molecule has 152 valence electrons. The third-order valence-electron chi connectivity index (χ3n) is 5.74. The van der Waals surface area contributed by atoms with E-state index in [2.05, 4.69) is 146 Å². The lowest BCUT2D eigenvalue weighted by Gasteiger charge is -2.26. The summed E-state index contributed by atoms with van der Waals surface area (Å²) in [5.41, 5.74) is 9.56. The van der Waals surface area contributed by atoms with Crippen LogP contribution in [-0.4, -0.2) is 7.85 Å². The first-order valence-corrected chi connectivity index (χ1v) is 11.0. The maximum Gasteiger partial charge on any atom is 0.139 e. The normalized spacial score (nSPS) is 10.6. The molecule has 5 aromatic rings. The molecule has 0 aliphatic heterocycles. The number of hydrogen-bond donors (Lipinski definition) is 0. The van der Waals surface area contributed by atoms with E-state index in [1.807, 2.05) is 0 Å². The van der Waals surface area contributed by atoms with Crippen LogP contribution in [0.25, 0.3) is 22.3 Å². The summed E-state index contributed by atoms with van der Waals surface area (Å²) < 4.78 is 0. The summed E-state index contributed by atoms with van der Waals surface area (Å²) in [4.78, 5) is 2.32. The molecular weight excluding hydrogens is 385 g/mol. The third kappa shape index (κ3) is 4.21. The molecular formula is C30H24BN. The molecule has 0 fully saturated rings. The van der Waals surface area contributed by atoms with E-state index in [1.165, 1.54) is 27.7 Å². The Morgan fingerprint density at radius 2 is 0.844 bits per heavy atom. The zero-order valence-electron chi connectivity index (χ0n) is 18.1. The Kier molecular flexibility index (Phi) is 5.59. The van der Waals surface area contributed by atoms with Gasteiger partial charge in [-0.05, 0) is 58.7 Å². The lowest BCUT2D eigenvalue weighted by atomic mass is 9.96. The van der Waals surface area contributed by atoms with Gasteiger partial charge in [0.25, 0.3) is 0 Å². The fourth-order valence-electron chi connectivity index (χ4n) is 4.03. The van der Waals surface area contributed by atoms with Crippen molar-refractivity contribution in [3.05, 3.63) is 133 Å². The molecule has 0 unspecified atom stereocenters.